The lowest BCUT2D eigenvalue weighted by Crippen LogP contribution is -2.24. The van der Waals surface area contributed by atoms with E-state index < -0.39 is 5.82 Å². The Labute approximate surface area is 189 Å². The van der Waals surface area contributed by atoms with Crippen LogP contribution in [0.3, 0.4) is 0 Å². The highest BCUT2D eigenvalue weighted by molar-refractivity contribution is 7.80. The van der Waals surface area contributed by atoms with Gasteiger partial charge < -0.3 is 15.4 Å². The Morgan fingerprint density at radius 2 is 2.03 bits per heavy atom. The molecule has 5 nitrogen and oxygen atoms in total. The molecule has 0 aliphatic carbocycles. The summed E-state index contributed by atoms with van der Waals surface area (Å²) >= 11 is 10.5. The lowest BCUT2D eigenvalue weighted by Gasteiger charge is -2.18. The predicted octanol–water partition coefficient (Wildman–Crippen LogP) is 5.53. The molecule has 1 heterocycles. The van der Waals surface area contributed by atoms with E-state index in [1.807, 2.05) is 12.1 Å². The van der Waals surface area contributed by atoms with E-state index in [0.717, 1.165) is 5.56 Å². The highest BCUT2D eigenvalue weighted by Gasteiger charge is 2.32. The highest BCUT2D eigenvalue weighted by atomic mass is 35.5. The first-order chi connectivity index (χ1) is 14.9. The topological polar surface area (TPSA) is 79.3 Å². The van der Waals surface area contributed by atoms with Crippen molar-refractivity contribution in [3.8, 4) is 17.6 Å². The zero-order chi connectivity index (χ0) is 22.1. The normalized spacial score (nSPS) is 15.7. The summed E-state index contributed by atoms with van der Waals surface area (Å²) in [5.74, 6) is -0.770. The predicted molar refractivity (Wildman–Crippen MR) is 120 cm³/mol. The first-order valence-corrected chi connectivity index (χ1v) is 10.2. The molecule has 0 spiro atoms. The standard InChI is InChI=1S/C23H17ClFN3O2S/c24-17-6-4-13(8-20(17)30-23-14(11-26)2-1-3-18(23)25)15-9-22(29)28(12-15)16-5-7-21(31)19(27)10-16/h1-8,10,15,31H,9,12,27H2/t15-/m0/s1. The maximum absolute atomic E-state index is 14.2. The summed E-state index contributed by atoms with van der Waals surface area (Å²) in [5, 5.41) is 9.51. The number of amides is 1. The van der Waals surface area contributed by atoms with Crippen molar-refractivity contribution in [2.75, 3.05) is 17.2 Å². The van der Waals surface area contributed by atoms with E-state index in [1.165, 1.54) is 18.2 Å². The van der Waals surface area contributed by atoms with Crippen molar-refractivity contribution >= 4 is 41.5 Å². The van der Waals surface area contributed by atoms with E-state index in [4.69, 9.17) is 22.1 Å². The van der Waals surface area contributed by atoms with Crippen LogP contribution in [0.5, 0.6) is 11.5 Å². The number of nitriles is 1. The van der Waals surface area contributed by atoms with Gasteiger partial charge in [0.15, 0.2) is 11.6 Å². The van der Waals surface area contributed by atoms with Gasteiger partial charge in [-0.1, -0.05) is 23.7 Å². The van der Waals surface area contributed by atoms with Crippen molar-refractivity contribution in [1.82, 2.24) is 0 Å². The summed E-state index contributed by atoms with van der Waals surface area (Å²) in [6, 6.07) is 16.4. The molecule has 0 aromatic heterocycles. The number of halogens is 2. The summed E-state index contributed by atoms with van der Waals surface area (Å²) in [6.07, 6.45) is 0.298. The van der Waals surface area contributed by atoms with Crippen LogP contribution in [-0.2, 0) is 4.79 Å². The third-order valence-corrected chi connectivity index (χ3v) is 5.89. The maximum atomic E-state index is 14.2. The van der Waals surface area contributed by atoms with Crippen molar-refractivity contribution in [3.63, 3.8) is 0 Å². The number of nitrogens with two attached hydrogens (primary N) is 1. The Kier molecular flexibility index (Phi) is 5.77. The van der Waals surface area contributed by atoms with Gasteiger partial charge in [-0.05, 0) is 48.0 Å². The van der Waals surface area contributed by atoms with Gasteiger partial charge in [-0.15, -0.1) is 12.6 Å². The average molecular weight is 454 g/mol. The fourth-order valence-electron chi connectivity index (χ4n) is 3.55. The second-order valence-electron chi connectivity index (χ2n) is 7.17. The molecule has 2 N–H and O–H groups in total. The third-order valence-electron chi connectivity index (χ3n) is 5.17. The lowest BCUT2D eigenvalue weighted by atomic mass is 9.98. The van der Waals surface area contributed by atoms with Crippen LogP contribution in [-0.4, -0.2) is 12.5 Å². The number of benzene rings is 3. The van der Waals surface area contributed by atoms with E-state index in [0.29, 0.717) is 29.2 Å². The van der Waals surface area contributed by atoms with E-state index in [1.54, 1.807) is 35.2 Å². The van der Waals surface area contributed by atoms with Gasteiger partial charge in [0, 0.05) is 35.2 Å². The van der Waals surface area contributed by atoms with Gasteiger partial charge in [0.05, 0.1) is 10.6 Å². The molecule has 3 aromatic carbocycles. The summed E-state index contributed by atoms with van der Waals surface area (Å²) in [4.78, 5) is 15.0. The Hall–Kier alpha value is -3.21. The Morgan fingerprint density at radius 1 is 1.23 bits per heavy atom. The third kappa shape index (κ3) is 4.18. The van der Waals surface area contributed by atoms with Gasteiger partial charge in [-0.25, -0.2) is 4.39 Å². The minimum Gasteiger partial charge on any atom is -0.451 e. The van der Waals surface area contributed by atoms with Crippen LogP contribution in [0.1, 0.15) is 23.5 Å². The van der Waals surface area contributed by atoms with Crippen molar-refractivity contribution < 1.29 is 13.9 Å². The molecule has 1 aliphatic heterocycles. The lowest BCUT2D eigenvalue weighted by molar-refractivity contribution is -0.117. The minimum atomic E-state index is -0.659. The molecule has 1 saturated heterocycles. The molecule has 1 amide bonds. The van der Waals surface area contributed by atoms with Gasteiger partial charge in [0.25, 0.3) is 0 Å². The van der Waals surface area contributed by atoms with Crippen LogP contribution in [0.25, 0.3) is 0 Å². The Bertz CT molecular complexity index is 1230. The van der Waals surface area contributed by atoms with Crippen molar-refractivity contribution in [1.29, 1.82) is 5.26 Å². The minimum absolute atomic E-state index is 0.0328. The van der Waals surface area contributed by atoms with Crippen molar-refractivity contribution in [2.45, 2.75) is 17.2 Å². The quantitative estimate of drug-likeness (QED) is 0.402. The summed E-state index contributed by atoms with van der Waals surface area (Å²) < 4.78 is 19.9. The fourth-order valence-corrected chi connectivity index (χ4v) is 3.85. The zero-order valence-corrected chi connectivity index (χ0v) is 17.8. The number of ether oxygens (including phenoxy) is 1. The number of thiol groups is 1. The van der Waals surface area contributed by atoms with Crippen LogP contribution < -0.4 is 15.4 Å². The average Bonchev–Trinajstić information content (AvgIpc) is 3.14. The number of hydrogen-bond acceptors (Lipinski definition) is 5. The van der Waals surface area contributed by atoms with Crippen molar-refractivity contribution in [3.05, 3.63) is 76.6 Å². The van der Waals surface area contributed by atoms with Crippen LogP contribution in [0, 0.1) is 17.1 Å². The van der Waals surface area contributed by atoms with Crippen LogP contribution in [0.4, 0.5) is 15.8 Å². The van der Waals surface area contributed by atoms with Gasteiger partial charge in [-0.2, -0.15) is 5.26 Å². The number of nitrogen functional groups attached to an aromatic ring is 1. The monoisotopic (exact) mass is 453 g/mol. The van der Waals surface area contributed by atoms with Crippen molar-refractivity contribution in [2.24, 2.45) is 0 Å². The molecule has 0 saturated carbocycles. The molecule has 0 unspecified atom stereocenters. The molecule has 1 atom stereocenters. The molecule has 31 heavy (non-hydrogen) atoms. The first-order valence-electron chi connectivity index (χ1n) is 9.42. The van der Waals surface area contributed by atoms with Gasteiger partial charge >= 0.3 is 0 Å². The number of rotatable bonds is 4. The van der Waals surface area contributed by atoms with Crippen LogP contribution >= 0.6 is 24.2 Å². The van der Waals surface area contributed by atoms with E-state index in [9.17, 15) is 14.4 Å². The molecular formula is C23H17ClFN3O2S. The number of nitrogens with zero attached hydrogens (tertiary/aromatic N) is 2. The number of hydrogen-bond donors (Lipinski definition) is 2. The summed E-state index contributed by atoms with van der Waals surface area (Å²) in [7, 11) is 0. The molecule has 156 valence electrons. The number of anilines is 2. The summed E-state index contributed by atoms with van der Waals surface area (Å²) in [5.41, 5.74) is 8.02. The first kappa shape index (κ1) is 21.0. The number of carbonyl (C=O) groups excluding carboxylic acids is 1. The summed E-state index contributed by atoms with van der Waals surface area (Å²) in [6.45, 7) is 0.453. The molecule has 8 heteroatoms. The fraction of sp³-hybridized carbons (Fsp3) is 0.130. The Morgan fingerprint density at radius 3 is 2.77 bits per heavy atom. The van der Waals surface area contributed by atoms with E-state index in [2.05, 4.69) is 12.6 Å². The van der Waals surface area contributed by atoms with Gasteiger partial charge in [0.2, 0.25) is 5.91 Å². The number of carbonyl (C=O) groups is 1. The molecule has 3 aromatic rings. The van der Waals surface area contributed by atoms with E-state index >= 15 is 0 Å². The molecule has 4 rings (SSSR count). The van der Waals surface area contributed by atoms with Crippen LogP contribution in [0.15, 0.2) is 59.5 Å². The molecular weight excluding hydrogens is 437 g/mol. The zero-order valence-electron chi connectivity index (χ0n) is 16.2. The molecule has 1 fully saturated rings. The smallest absolute Gasteiger partial charge is 0.227 e. The maximum Gasteiger partial charge on any atom is 0.227 e. The Balaban J connectivity index is 1.61. The van der Waals surface area contributed by atoms with Crippen LogP contribution in [0.2, 0.25) is 5.02 Å². The second kappa shape index (κ2) is 8.50. The number of para-hydroxylation sites is 1. The molecule has 1 aliphatic rings. The van der Waals surface area contributed by atoms with E-state index in [-0.39, 0.29) is 33.9 Å². The second-order valence-corrected chi connectivity index (χ2v) is 8.06. The van der Waals surface area contributed by atoms with Gasteiger partial charge in [-0.3, -0.25) is 4.79 Å². The van der Waals surface area contributed by atoms with Gasteiger partial charge in [0.1, 0.15) is 11.8 Å². The SMILES string of the molecule is N#Cc1cccc(F)c1Oc1cc([C@H]2CC(=O)N(c3ccc(S)c(N)c3)C2)ccc1Cl. The molecule has 0 radical (unpaired) electrons. The highest BCUT2D eigenvalue weighted by Crippen LogP contribution is 2.38. The largest absolute Gasteiger partial charge is 0.451 e. The molecule has 0 bridgehead atoms.